The molecule has 2 atom stereocenters. The minimum atomic E-state index is -1.08. The molecule has 0 radical (unpaired) electrons. The SMILES string of the molecule is O=CO[C@H]1C[C@H](C(=O)O)N(C=O)C1. The molecule has 0 unspecified atom stereocenters. The Morgan fingerprint density at radius 1 is 1.54 bits per heavy atom. The lowest BCUT2D eigenvalue weighted by molar-refractivity contribution is -0.144. The molecule has 6 nitrogen and oxygen atoms in total. The molecule has 1 rings (SSSR count). The first-order valence-corrected chi connectivity index (χ1v) is 3.72. The molecule has 72 valence electrons. The molecular formula is C7H9NO5. The molecule has 0 spiro atoms. The number of ether oxygens (including phenoxy) is 1. The zero-order chi connectivity index (χ0) is 9.84. The first-order valence-electron chi connectivity index (χ1n) is 3.72. The zero-order valence-electron chi connectivity index (χ0n) is 6.75. The van der Waals surface area contributed by atoms with Crippen molar-refractivity contribution in [3.05, 3.63) is 0 Å². The molecule has 6 heteroatoms. The lowest BCUT2D eigenvalue weighted by Gasteiger charge is -2.13. The minimum Gasteiger partial charge on any atom is -0.480 e. The lowest BCUT2D eigenvalue weighted by atomic mass is 10.2. The highest BCUT2D eigenvalue weighted by molar-refractivity contribution is 5.77. The van der Waals surface area contributed by atoms with Crippen molar-refractivity contribution in [1.29, 1.82) is 0 Å². The number of likely N-dealkylation sites (tertiary alicyclic amines) is 1. The van der Waals surface area contributed by atoms with Gasteiger partial charge in [-0.25, -0.2) is 4.79 Å². The van der Waals surface area contributed by atoms with Crippen LogP contribution in [0.15, 0.2) is 0 Å². The molecular weight excluding hydrogens is 178 g/mol. The first kappa shape index (κ1) is 9.50. The second-order valence-corrected chi connectivity index (χ2v) is 2.75. The third-order valence-corrected chi connectivity index (χ3v) is 1.97. The number of carboxylic acids is 1. The summed E-state index contributed by atoms with van der Waals surface area (Å²) in [6.45, 7) is 0.414. The molecule has 1 amide bonds. The Hall–Kier alpha value is -1.59. The average molecular weight is 187 g/mol. The van der Waals surface area contributed by atoms with Crippen LogP contribution in [0.3, 0.4) is 0 Å². The average Bonchev–Trinajstić information content (AvgIpc) is 2.48. The van der Waals surface area contributed by atoms with E-state index in [0.717, 1.165) is 4.90 Å². The standard InChI is InChI=1S/C7H9NO5/c9-3-8-2-5(13-4-10)1-6(8)7(11)12/h3-6H,1-2H2,(H,11,12)/t5-,6+/m0/s1. The summed E-state index contributed by atoms with van der Waals surface area (Å²) in [5.74, 6) is -1.08. The third kappa shape index (κ3) is 1.95. The largest absolute Gasteiger partial charge is 0.480 e. The van der Waals surface area contributed by atoms with Gasteiger partial charge in [-0.1, -0.05) is 0 Å². The van der Waals surface area contributed by atoms with E-state index in [9.17, 15) is 14.4 Å². The van der Waals surface area contributed by atoms with Crippen LogP contribution in [0.1, 0.15) is 6.42 Å². The minimum absolute atomic E-state index is 0.152. The van der Waals surface area contributed by atoms with Gasteiger partial charge in [-0.2, -0.15) is 0 Å². The number of carbonyl (C=O) groups excluding carboxylic acids is 2. The molecule has 1 saturated heterocycles. The number of carbonyl (C=O) groups is 3. The van der Waals surface area contributed by atoms with E-state index in [-0.39, 0.29) is 19.4 Å². The summed E-state index contributed by atoms with van der Waals surface area (Å²) in [6.07, 6.45) is 0.114. The Labute approximate surface area is 74.1 Å². The predicted molar refractivity (Wildman–Crippen MR) is 39.7 cm³/mol. The molecule has 0 saturated carbocycles. The van der Waals surface area contributed by atoms with Gasteiger partial charge in [0.05, 0.1) is 6.54 Å². The first-order chi connectivity index (χ1) is 6.19. The Kier molecular flexibility index (Phi) is 2.84. The van der Waals surface area contributed by atoms with Gasteiger partial charge in [-0.05, 0) is 0 Å². The Morgan fingerprint density at radius 3 is 2.62 bits per heavy atom. The fourth-order valence-electron chi connectivity index (χ4n) is 1.36. The van der Waals surface area contributed by atoms with E-state index in [1.165, 1.54) is 0 Å². The van der Waals surface area contributed by atoms with Crippen LogP contribution < -0.4 is 0 Å². The number of aliphatic carboxylic acids is 1. The highest BCUT2D eigenvalue weighted by Crippen LogP contribution is 2.18. The molecule has 1 fully saturated rings. The third-order valence-electron chi connectivity index (χ3n) is 1.97. The summed E-state index contributed by atoms with van der Waals surface area (Å²) in [5, 5.41) is 8.66. The van der Waals surface area contributed by atoms with E-state index < -0.39 is 18.1 Å². The maximum Gasteiger partial charge on any atom is 0.326 e. The summed E-state index contributed by atoms with van der Waals surface area (Å²) in [4.78, 5) is 32.0. The van der Waals surface area contributed by atoms with Crippen LogP contribution >= 0.6 is 0 Å². The van der Waals surface area contributed by atoms with Crippen molar-refractivity contribution < 1.29 is 24.2 Å². The van der Waals surface area contributed by atoms with Crippen molar-refractivity contribution >= 4 is 18.9 Å². The van der Waals surface area contributed by atoms with Gasteiger partial charge in [0, 0.05) is 6.42 Å². The van der Waals surface area contributed by atoms with Crippen LogP contribution in [0.4, 0.5) is 0 Å². The van der Waals surface area contributed by atoms with Crippen molar-refractivity contribution in [1.82, 2.24) is 4.90 Å². The second kappa shape index (κ2) is 3.88. The fraction of sp³-hybridized carbons (Fsp3) is 0.571. The molecule has 0 aromatic rings. The smallest absolute Gasteiger partial charge is 0.326 e. The number of hydrogen-bond donors (Lipinski definition) is 1. The van der Waals surface area contributed by atoms with Crippen LogP contribution in [-0.4, -0.2) is 47.5 Å². The number of carboxylic acid groups (broad SMARTS) is 1. The van der Waals surface area contributed by atoms with Gasteiger partial charge in [-0.3, -0.25) is 9.59 Å². The summed E-state index contributed by atoms with van der Waals surface area (Å²) in [6, 6.07) is -0.873. The van der Waals surface area contributed by atoms with Gasteiger partial charge < -0.3 is 14.7 Å². The molecule has 1 N–H and O–H groups in total. The molecule has 0 aromatic heterocycles. The van der Waals surface area contributed by atoms with E-state index in [0.29, 0.717) is 6.41 Å². The molecule has 1 heterocycles. The number of nitrogens with zero attached hydrogens (tertiary/aromatic N) is 1. The maximum absolute atomic E-state index is 10.6. The molecule has 0 aliphatic carbocycles. The van der Waals surface area contributed by atoms with Crippen LogP contribution in [0.5, 0.6) is 0 Å². The highest BCUT2D eigenvalue weighted by Gasteiger charge is 2.36. The van der Waals surface area contributed by atoms with E-state index in [4.69, 9.17) is 5.11 Å². The summed E-state index contributed by atoms with van der Waals surface area (Å²) in [7, 11) is 0. The van der Waals surface area contributed by atoms with Gasteiger partial charge in [0.15, 0.2) is 0 Å². The van der Waals surface area contributed by atoms with Gasteiger partial charge in [0.1, 0.15) is 12.1 Å². The molecule has 1 aliphatic heterocycles. The van der Waals surface area contributed by atoms with Crippen molar-refractivity contribution in [2.24, 2.45) is 0 Å². The van der Waals surface area contributed by atoms with E-state index >= 15 is 0 Å². The topological polar surface area (TPSA) is 83.9 Å². The van der Waals surface area contributed by atoms with Crippen LogP contribution in [-0.2, 0) is 19.1 Å². The Bertz CT molecular complexity index is 229. The summed E-state index contributed by atoms with van der Waals surface area (Å²) < 4.78 is 4.57. The molecule has 0 aromatic carbocycles. The van der Waals surface area contributed by atoms with Crippen LogP contribution in [0.2, 0.25) is 0 Å². The van der Waals surface area contributed by atoms with Crippen molar-refractivity contribution in [2.75, 3.05) is 6.54 Å². The normalized spacial score (nSPS) is 26.9. The number of rotatable bonds is 4. The quantitative estimate of drug-likeness (QED) is 0.561. The van der Waals surface area contributed by atoms with Crippen LogP contribution in [0.25, 0.3) is 0 Å². The summed E-state index contributed by atoms with van der Waals surface area (Å²) in [5.41, 5.74) is 0. The fourth-order valence-corrected chi connectivity index (χ4v) is 1.36. The second-order valence-electron chi connectivity index (χ2n) is 2.75. The Morgan fingerprint density at radius 2 is 2.23 bits per heavy atom. The van der Waals surface area contributed by atoms with E-state index in [1.54, 1.807) is 0 Å². The maximum atomic E-state index is 10.6. The van der Waals surface area contributed by atoms with Gasteiger partial charge in [0.2, 0.25) is 6.41 Å². The van der Waals surface area contributed by atoms with Gasteiger partial charge in [0.25, 0.3) is 6.47 Å². The Balaban J connectivity index is 2.60. The number of hydrogen-bond acceptors (Lipinski definition) is 4. The van der Waals surface area contributed by atoms with Crippen molar-refractivity contribution in [3.63, 3.8) is 0 Å². The molecule has 0 bridgehead atoms. The molecule has 13 heavy (non-hydrogen) atoms. The highest BCUT2D eigenvalue weighted by atomic mass is 16.5. The lowest BCUT2D eigenvalue weighted by Crippen LogP contribution is -2.34. The zero-order valence-corrected chi connectivity index (χ0v) is 6.75. The molecule has 1 aliphatic rings. The number of amides is 1. The van der Waals surface area contributed by atoms with E-state index in [1.807, 2.05) is 0 Å². The predicted octanol–water partition coefficient (Wildman–Crippen LogP) is -1.16. The van der Waals surface area contributed by atoms with E-state index in [2.05, 4.69) is 4.74 Å². The van der Waals surface area contributed by atoms with Crippen LogP contribution in [0, 0.1) is 0 Å². The summed E-state index contributed by atoms with van der Waals surface area (Å²) >= 11 is 0. The van der Waals surface area contributed by atoms with Gasteiger partial charge >= 0.3 is 5.97 Å². The van der Waals surface area contributed by atoms with Crippen molar-refractivity contribution in [2.45, 2.75) is 18.6 Å². The van der Waals surface area contributed by atoms with Crippen molar-refractivity contribution in [3.8, 4) is 0 Å². The van der Waals surface area contributed by atoms with Gasteiger partial charge in [-0.15, -0.1) is 0 Å². The monoisotopic (exact) mass is 187 g/mol.